The highest BCUT2D eigenvalue weighted by molar-refractivity contribution is 7.13. The Bertz CT molecular complexity index is 1250. The summed E-state index contributed by atoms with van der Waals surface area (Å²) in [5.74, 6) is 0. The molecule has 5 rings (SSSR count). The van der Waals surface area contributed by atoms with Crippen LogP contribution in [0.2, 0.25) is 5.02 Å². The molecule has 0 saturated carbocycles. The van der Waals surface area contributed by atoms with Gasteiger partial charge in [0.15, 0.2) is 5.58 Å². The van der Waals surface area contributed by atoms with Crippen molar-refractivity contribution in [3.63, 3.8) is 0 Å². The number of oxazole rings is 1. The van der Waals surface area contributed by atoms with Gasteiger partial charge in [0.1, 0.15) is 10.5 Å². The standard InChI is InChI=1S/C22H14ClN3OS/c23-16-8-11-20-18(12-16)26-22(27-20)24-17-9-6-14(7-10-17)19-13-28-21(25-19)15-4-2-1-3-5-15/h1-13H,(H,24,26). The van der Waals surface area contributed by atoms with E-state index in [1.807, 2.05) is 48.5 Å². The minimum atomic E-state index is 0.435. The molecule has 0 atom stereocenters. The van der Waals surface area contributed by atoms with E-state index in [-0.39, 0.29) is 0 Å². The van der Waals surface area contributed by atoms with Crippen molar-refractivity contribution >= 4 is 45.7 Å². The quantitative estimate of drug-likeness (QED) is 0.350. The maximum absolute atomic E-state index is 6.00. The van der Waals surface area contributed by atoms with Crippen molar-refractivity contribution in [2.24, 2.45) is 0 Å². The van der Waals surface area contributed by atoms with Crippen LogP contribution in [0.15, 0.2) is 82.6 Å². The van der Waals surface area contributed by atoms with Crippen molar-refractivity contribution in [2.45, 2.75) is 0 Å². The van der Waals surface area contributed by atoms with Gasteiger partial charge in [0.05, 0.1) is 5.69 Å². The summed E-state index contributed by atoms with van der Waals surface area (Å²) in [5, 5.41) is 6.91. The predicted molar refractivity (Wildman–Crippen MR) is 115 cm³/mol. The smallest absolute Gasteiger partial charge is 0.300 e. The zero-order valence-electron chi connectivity index (χ0n) is 14.6. The lowest BCUT2D eigenvalue weighted by Gasteiger charge is -2.03. The van der Waals surface area contributed by atoms with E-state index in [0.717, 1.165) is 33.0 Å². The van der Waals surface area contributed by atoms with Gasteiger partial charge in [0.2, 0.25) is 0 Å². The maximum atomic E-state index is 6.00. The van der Waals surface area contributed by atoms with Crippen LogP contribution in [0.3, 0.4) is 0 Å². The molecule has 0 aliphatic heterocycles. The number of halogens is 1. The Balaban J connectivity index is 1.36. The monoisotopic (exact) mass is 403 g/mol. The number of hydrogen-bond donors (Lipinski definition) is 1. The van der Waals surface area contributed by atoms with Crippen LogP contribution in [0, 0.1) is 0 Å². The number of nitrogens with one attached hydrogen (secondary N) is 1. The molecule has 1 N–H and O–H groups in total. The average Bonchev–Trinajstić information content (AvgIpc) is 3.36. The number of anilines is 2. The summed E-state index contributed by atoms with van der Waals surface area (Å²) in [5.41, 5.74) is 5.47. The van der Waals surface area contributed by atoms with Gasteiger partial charge in [-0.1, -0.05) is 54.1 Å². The number of nitrogens with zero attached hydrogens (tertiary/aromatic N) is 2. The van der Waals surface area contributed by atoms with Crippen LogP contribution in [0.5, 0.6) is 0 Å². The molecule has 0 amide bonds. The van der Waals surface area contributed by atoms with Gasteiger partial charge in [-0.05, 0) is 30.3 Å². The van der Waals surface area contributed by atoms with E-state index in [1.54, 1.807) is 23.5 Å². The molecular formula is C22H14ClN3OS. The van der Waals surface area contributed by atoms with Crippen LogP contribution in [-0.2, 0) is 0 Å². The van der Waals surface area contributed by atoms with Gasteiger partial charge in [0, 0.05) is 27.2 Å². The molecule has 0 aliphatic carbocycles. The summed E-state index contributed by atoms with van der Waals surface area (Å²) >= 11 is 7.64. The van der Waals surface area contributed by atoms with Crippen LogP contribution in [0.1, 0.15) is 0 Å². The summed E-state index contributed by atoms with van der Waals surface area (Å²) in [6.07, 6.45) is 0. The second kappa shape index (κ2) is 7.11. The Morgan fingerprint density at radius 2 is 1.68 bits per heavy atom. The average molecular weight is 404 g/mol. The molecule has 6 heteroatoms. The summed E-state index contributed by atoms with van der Waals surface area (Å²) < 4.78 is 5.70. The Labute approximate surface area is 170 Å². The zero-order chi connectivity index (χ0) is 18.9. The molecule has 136 valence electrons. The van der Waals surface area contributed by atoms with Crippen molar-refractivity contribution in [2.75, 3.05) is 5.32 Å². The van der Waals surface area contributed by atoms with E-state index in [9.17, 15) is 0 Å². The molecule has 0 spiro atoms. The van der Waals surface area contributed by atoms with Crippen LogP contribution in [0.4, 0.5) is 11.7 Å². The van der Waals surface area contributed by atoms with E-state index in [0.29, 0.717) is 16.6 Å². The molecule has 3 aromatic carbocycles. The van der Waals surface area contributed by atoms with Gasteiger partial charge in [-0.3, -0.25) is 0 Å². The van der Waals surface area contributed by atoms with Gasteiger partial charge >= 0.3 is 0 Å². The molecule has 0 aliphatic rings. The van der Waals surface area contributed by atoms with E-state index in [1.165, 1.54) is 0 Å². The highest BCUT2D eigenvalue weighted by atomic mass is 35.5. The van der Waals surface area contributed by atoms with Crippen molar-refractivity contribution < 1.29 is 4.42 Å². The Morgan fingerprint density at radius 1 is 0.857 bits per heavy atom. The van der Waals surface area contributed by atoms with E-state index in [2.05, 4.69) is 27.8 Å². The molecule has 2 heterocycles. The van der Waals surface area contributed by atoms with Gasteiger partial charge in [-0.15, -0.1) is 11.3 Å². The molecule has 0 bridgehead atoms. The zero-order valence-corrected chi connectivity index (χ0v) is 16.2. The van der Waals surface area contributed by atoms with Crippen LogP contribution < -0.4 is 5.32 Å². The summed E-state index contributed by atoms with van der Waals surface area (Å²) in [4.78, 5) is 9.17. The maximum Gasteiger partial charge on any atom is 0.300 e. The summed E-state index contributed by atoms with van der Waals surface area (Å²) in [6.45, 7) is 0. The fourth-order valence-corrected chi connectivity index (χ4v) is 3.92. The first-order valence-electron chi connectivity index (χ1n) is 8.69. The molecule has 5 aromatic rings. The fraction of sp³-hybridized carbons (Fsp3) is 0. The first-order valence-corrected chi connectivity index (χ1v) is 9.95. The first-order chi connectivity index (χ1) is 13.7. The van der Waals surface area contributed by atoms with Crippen molar-refractivity contribution in [3.05, 3.63) is 83.2 Å². The SMILES string of the molecule is Clc1ccc2oc(Nc3ccc(-c4csc(-c5ccccc5)n4)cc3)nc2c1. The number of aromatic nitrogens is 2. The third-order valence-corrected chi connectivity index (χ3v) is 5.43. The number of rotatable bonds is 4. The predicted octanol–water partition coefficient (Wildman–Crippen LogP) is 7.02. The minimum absolute atomic E-state index is 0.435. The Morgan fingerprint density at radius 3 is 2.50 bits per heavy atom. The van der Waals surface area contributed by atoms with Crippen LogP contribution in [0.25, 0.3) is 32.9 Å². The second-order valence-electron chi connectivity index (χ2n) is 6.24. The van der Waals surface area contributed by atoms with Gasteiger partial charge < -0.3 is 9.73 Å². The third-order valence-electron chi connectivity index (χ3n) is 4.31. The van der Waals surface area contributed by atoms with Crippen LogP contribution >= 0.6 is 22.9 Å². The summed E-state index contributed by atoms with van der Waals surface area (Å²) in [6, 6.07) is 24.0. The van der Waals surface area contributed by atoms with Crippen molar-refractivity contribution in [3.8, 4) is 21.8 Å². The first kappa shape index (κ1) is 17.0. The molecule has 28 heavy (non-hydrogen) atoms. The molecule has 0 unspecified atom stereocenters. The van der Waals surface area contributed by atoms with E-state index in [4.69, 9.17) is 21.0 Å². The highest BCUT2D eigenvalue weighted by Crippen LogP contribution is 2.30. The van der Waals surface area contributed by atoms with Crippen molar-refractivity contribution in [1.29, 1.82) is 0 Å². The number of fused-ring (bicyclic) bond motifs is 1. The van der Waals surface area contributed by atoms with Gasteiger partial charge in [-0.25, -0.2) is 4.98 Å². The molecule has 4 nitrogen and oxygen atoms in total. The normalized spacial score (nSPS) is 11.0. The lowest BCUT2D eigenvalue weighted by Crippen LogP contribution is -1.90. The number of thiazole rings is 1. The number of benzene rings is 3. The second-order valence-corrected chi connectivity index (χ2v) is 7.53. The minimum Gasteiger partial charge on any atom is -0.423 e. The van der Waals surface area contributed by atoms with Gasteiger partial charge in [-0.2, -0.15) is 4.98 Å². The molecule has 0 radical (unpaired) electrons. The van der Waals surface area contributed by atoms with Gasteiger partial charge in [0.25, 0.3) is 6.01 Å². The molecule has 0 saturated heterocycles. The molecular weight excluding hydrogens is 390 g/mol. The third kappa shape index (κ3) is 3.38. The fourth-order valence-electron chi connectivity index (χ4n) is 2.92. The van der Waals surface area contributed by atoms with E-state index < -0.39 is 0 Å². The molecule has 0 fully saturated rings. The number of hydrogen-bond acceptors (Lipinski definition) is 5. The lowest BCUT2D eigenvalue weighted by atomic mass is 10.1. The highest BCUT2D eigenvalue weighted by Gasteiger charge is 2.09. The molecule has 2 aromatic heterocycles. The Kier molecular flexibility index (Phi) is 4.31. The van der Waals surface area contributed by atoms with E-state index >= 15 is 0 Å². The lowest BCUT2D eigenvalue weighted by molar-refractivity contribution is 0.623. The van der Waals surface area contributed by atoms with Crippen LogP contribution in [-0.4, -0.2) is 9.97 Å². The largest absolute Gasteiger partial charge is 0.423 e. The Hall–Kier alpha value is -3.15. The topological polar surface area (TPSA) is 51.0 Å². The summed E-state index contributed by atoms with van der Waals surface area (Å²) in [7, 11) is 0. The van der Waals surface area contributed by atoms with Crippen molar-refractivity contribution in [1.82, 2.24) is 9.97 Å².